The van der Waals surface area contributed by atoms with Gasteiger partial charge in [0, 0.05) is 11.4 Å². The Morgan fingerprint density at radius 3 is 1.31 bits per heavy atom. The lowest BCUT2D eigenvalue weighted by atomic mass is 10.0. The van der Waals surface area contributed by atoms with Crippen LogP contribution < -0.4 is 11.5 Å². The number of nitrogens with two attached hydrogens (primary N) is 2. The van der Waals surface area contributed by atoms with Crippen LogP contribution in [0.3, 0.4) is 0 Å². The molecule has 0 unspecified atom stereocenters. The minimum atomic E-state index is -0.421. The first-order chi connectivity index (χ1) is 15.5. The predicted octanol–water partition coefficient (Wildman–Crippen LogP) is 4.72. The molecule has 0 saturated heterocycles. The van der Waals surface area contributed by atoms with Gasteiger partial charge in [-0.15, -0.1) is 0 Å². The van der Waals surface area contributed by atoms with Gasteiger partial charge < -0.3 is 20.9 Å². The van der Waals surface area contributed by atoms with Crippen molar-refractivity contribution in [3.63, 3.8) is 0 Å². The van der Waals surface area contributed by atoms with Crippen LogP contribution in [-0.2, 0) is 22.7 Å². The van der Waals surface area contributed by atoms with Gasteiger partial charge in [-0.05, 0) is 70.4 Å². The Kier molecular flexibility index (Phi) is 6.03. The molecule has 0 amide bonds. The SMILES string of the molecule is Nc1ccc(COC(=O)c2ccc3cc(C(=O)OCc4ccc(N)cc4)ccc3c2)cc1. The number of carbonyl (C=O) groups is 2. The summed E-state index contributed by atoms with van der Waals surface area (Å²) in [6.45, 7) is 0.325. The summed E-state index contributed by atoms with van der Waals surface area (Å²) >= 11 is 0. The molecule has 0 heterocycles. The monoisotopic (exact) mass is 426 g/mol. The smallest absolute Gasteiger partial charge is 0.338 e. The van der Waals surface area contributed by atoms with Crippen LogP contribution in [0.5, 0.6) is 0 Å². The second kappa shape index (κ2) is 9.22. The molecule has 4 aromatic carbocycles. The zero-order valence-corrected chi connectivity index (χ0v) is 17.3. The van der Waals surface area contributed by atoms with Gasteiger partial charge in [-0.1, -0.05) is 36.4 Å². The van der Waals surface area contributed by atoms with Crippen LogP contribution in [0.1, 0.15) is 31.8 Å². The maximum absolute atomic E-state index is 12.4. The molecule has 6 heteroatoms. The van der Waals surface area contributed by atoms with Crippen molar-refractivity contribution in [1.82, 2.24) is 0 Å². The van der Waals surface area contributed by atoms with E-state index in [0.29, 0.717) is 22.5 Å². The Morgan fingerprint density at radius 1 is 0.562 bits per heavy atom. The molecule has 4 rings (SSSR count). The third-order valence-corrected chi connectivity index (χ3v) is 5.01. The van der Waals surface area contributed by atoms with E-state index in [9.17, 15) is 9.59 Å². The summed E-state index contributed by atoms with van der Waals surface area (Å²) in [5, 5.41) is 1.64. The van der Waals surface area contributed by atoms with Crippen molar-refractivity contribution in [1.29, 1.82) is 0 Å². The summed E-state index contributed by atoms with van der Waals surface area (Å²) in [7, 11) is 0. The first-order valence-corrected chi connectivity index (χ1v) is 10.0. The molecule has 0 saturated carbocycles. The van der Waals surface area contributed by atoms with E-state index in [0.717, 1.165) is 21.9 Å². The molecule has 0 aromatic heterocycles. The Hall–Kier alpha value is -4.32. The van der Waals surface area contributed by atoms with E-state index in [1.807, 2.05) is 24.3 Å². The average molecular weight is 426 g/mol. The molecule has 0 atom stereocenters. The van der Waals surface area contributed by atoms with Crippen molar-refractivity contribution < 1.29 is 19.1 Å². The molecular weight excluding hydrogens is 404 g/mol. The molecule has 160 valence electrons. The Morgan fingerprint density at radius 2 is 0.938 bits per heavy atom. The molecule has 0 aliphatic heterocycles. The number of esters is 2. The number of hydrogen-bond donors (Lipinski definition) is 2. The van der Waals surface area contributed by atoms with E-state index < -0.39 is 11.9 Å². The summed E-state index contributed by atoms with van der Waals surface area (Å²) in [5.41, 5.74) is 15.2. The lowest BCUT2D eigenvalue weighted by Gasteiger charge is -2.08. The molecule has 0 aliphatic rings. The number of ether oxygens (including phenoxy) is 2. The van der Waals surface area contributed by atoms with E-state index in [-0.39, 0.29) is 13.2 Å². The highest BCUT2D eigenvalue weighted by Crippen LogP contribution is 2.20. The third kappa shape index (κ3) is 5.05. The minimum absolute atomic E-state index is 0.163. The van der Waals surface area contributed by atoms with Gasteiger partial charge in [-0.25, -0.2) is 9.59 Å². The second-order valence-electron chi connectivity index (χ2n) is 7.41. The van der Waals surface area contributed by atoms with Crippen LogP contribution in [-0.4, -0.2) is 11.9 Å². The molecule has 32 heavy (non-hydrogen) atoms. The Bertz CT molecular complexity index is 1160. The van der Waals surface area contributed by atoms with Crippen LogP contribution in [0.2, 0.25) is 0 Å². The highest BCUT2D eigenvalue weighted by atomic mass is 16.5. The topological polar surface area (TPSA) is 105 Å². The van der Waals surface area contributed by atoms with E-state index in [4.69, 9.17) is 20.9 Å². The first-order valence-electron chi connectivity index (χ1n) is 10.0. The highest BCUT2D eigenvalue weighted by molar-refractivity contribution is 5.99. The summed E-state index contributed by atoms with van der Waals surface area (Å²) < 4.78 is 10.8. The summed E-state index contributed by atoms with van der Waals surface area (Å²) in [5.74, 6) is -0.841. The Balaban J connectivity index is 1.40. The fourth-order valence-corrected chi connectivity index (χ4v) is 3.19. The molecule has 0 radical (unpaired) electrons. The van der Waals surface area contributed by atoms with E-state index >= 15 is 0 Å². The van der Waals surface area contributed by atoms with Gasteiger partial charge in [-0.2, -0.15) is 0 Å². The maximum Gasteiger partial charge on any atom is 0.338 e. The number of carbonyl (C=O) groups excluding carboxylic acids is 2. The minimum Gasteiger partial charge on any atom is -0.457 e. The molecule has 0 fully saturated rings. The molecule has 0 bridgehead atoms. The number of fused-ring (bicyclic) bond motifs is 1. The zero-order chi connectivity index (χ0) is 22.5. The van der Waals surface area contributed by atoms with Crippen molar-refractivity contribution in [2.24, 2.45) is 0 Å². The van der Waals surface area contributed by atoms with Crippen molar-refractivity contribution in [3.8, 4) is 0 Å². The second-order valence-corrected chi connectivity index (χ2v) is 7.41. The summed E-state index contributed by atoms with van der Waals surface area (Å²) in [4.78, 5) is 24.8. The molecule has 6 nitrogen and oxygen atoms in total. The summed E-state index contributed by atoms with van der Waals surface area (Å²) in [6.07, 6.45) is 0. The fourth-order valence-electron chi connectivity index (χ4n) is 3.19. The van der Waals surface area contributed by atoms with Crippen molar-refractivity contribution in [2.75, 3.05) is 11.5 Å². The number of rotatable bonds is 6. The van der Waals surface area contributed by atoms with Crippen molar-refractivity contribution in [2.45, 2.75) is 13.2 Å². The third-order valence-electron chi connectivity index (χ3n) is 5.01. The van der Waals surface area contributed by atoms with E-state index in [1.165, 1.54) is 0 Å². The van der Waals surface area contributed by atoms with Gasteiger partial charge in [0.25, 0.3) is 0 Å². The van der Waals surface area contributed by atoms with Crippen LogP contribution >= 0.6 is 0 Å². The predicted molar refractivity (Wildman–Crippen MR) is 124 cm³/mol. The van der Waals surface area contributed by atoms with Gasteiger partial charge in [0.05, 0.1) is 11.1 Å². The Labute approximate surface area is 185 Å². The number of benzene rings is 4. The van der Waals surface area contributed by atoms with E-state index in [1.54, 1.807) is 60.7 Å². The molecular formula is C26H22N2O4. The number of anilines is 2. The molecule has 4 N–H and O–H groups in total. The normalized spacial score (nSPS) is 10.6. The fraction of sp³-hybridized carbons (Fsp3) is 0.0769. The van der Waals surface area contributed by atoms with Crippen LogP contribution in [0, 0.1) is 0 Å². The standard InChI is InChI=1S/C26H22N2O4/c27-23-9-1-17(2-10-23)15-31-25(29)21-7-5-20-14-22(8-6-19(20)13-21)26(30)32-16-18-3-11-24(28)12-4-18/h1-14H,15-16,27-28H2. The van der Waals surface area contributed by atoms with Crippen molar-refractivity contribution in [3.05, 3.63) is 107 Å². The van der Waals surface area contributed by atoms with Gasteiger partial charge in [-0.3, -0.25) is 0 Å². The zero-order valence-electron chi connectivity index (χ0n) is 17.3. The lowest BCUT2D eigenvalue weighted by Crippen LogP contribution is -2.06. The molecule has 0 aliphatic carbocycles. The van der Waals surface area contributed by atoms with Crippen LogP contribution in [0.4, 0.5) is 11.4 Å². The van der Waals surface area contributed by atoms with Crippen LogP contribution in [0.15, 0.2) is 84.9 Å². The first kappa shape index (κ1) is 20.9. The molecule has 0 spiro atoms. The van der Waals surface area contributed by atoms with Crippen molar-refractivity contribution >= 4 is 34.1 Å². The van der Waals surface area contributed by atoms with Gasteiger partial charge in [0.15, 0.2) is 0 Å². The highest BCUT2D eigenvalue weighted by Gasteiger charge is 2.12. The van der Waals surface area contributed by atoms with E-state index in [2.05, 4.69) is 0 Å². The van der Waals surface area contributed by atoms with Gasteiger partial charge in [0.1, 0.15) is 13.2 Å². The largest absolute Gasteiger partial charge is 0.457 e. The van der Waals surface area contributed by atoms with Crippen LogP contribution in [0.25, 0.3) is 10.8 Å². The summed E-state index contributed by atoms with van der Waals surface area (Å²) in [6, 6.07) is 24.7. The lowest BCUT2D eigenvalue weighted by molar-refractivity contribution is 0.0464. The van der Waals surface area contributed by atoms with Gasteiger partial charge >= 0.3 is 11.9 Å². The number of nitrogen functional groups attached to an aromatic ring is 2. The quantitative estimate of drug-likeness (QED) is 0.341. The van der Waals surface area contributed by atoms with Gasteiger partial charge in [0.2, 0.25) is 0 Å². The maximum atomic E-state index is 12.4. The number of hydrogen-bond acceptors (Lipinski definition) is 6. The average Bonchev–Trinajstić information content (AvgIpc) is 2.82. The molecule has 4 aromatic rings.